The summed E-state index contributed by atoms with van der Waals surface area (Å²) in [6.07, 6.45) is 1.44. The summed E-state index contributed by atoms with van der Waals surface area (Å²) in [5.41, 5.74) is 0.420. The molecule has 1 fully saturated rings. The van der Waals surface area contributed by atoms with Crippen molar-refractivity contribution < 1.29 is 32.2 Å². The van der Waals surface area contributed by atoms with Crippen molar-refractivity contribution in [2.45, 2.75) is 23.8 Å². The van der Waals surface area contributed by atoms with Gasteiger partial charge in [0, 0.05) is 24.9 Å². The van der Waals surface area contributed by atoms with Crippen molar-refractivity contribution in [2.24, 2.45) is 0 Å². The second kappa shape index (κ2) is 10.8. The topological polar surface area (TPSA) is 120 Å². The summed E-state index contributed by atoms with van der Waals surface area (Å²) in [5.74, 6) is -0.868. The lowest BCUT2D eigenvalue weighted by Crippen LogP contribution is -2.32. The minimum atomic E-state index is -3.97. The second-order valence-electron chi connectivity index (χ2n) is 6.99. The zero-order chi connectivity index (χ0) is 23.1. The molecule has 0 saturated carbocycles. The number of hydrogen-bond donors (Lipinski definition) is 2. The summed E-state index contributed by atoms with van der Waals surface area (Å²) in [6, 6.07) is 10.4. The molecule has 1 saturated heterocycles. The molecule has 0 aromatic heterocycles. The van der Waals surface area contributed by atoms with Crippen molar-refractivity contribution >= 4 is 39.2 Å². The third-order valence-electron chi connectivity index (χ3n) is 4.67. The number of carbonyl (C=O) groups excluding carboxylic acids is 2. The Balaban J connectivity index is 1.60. The maximum absolute atomic E-state index is 12.6. The Bertz CT molecular complexity index is 1090. The van der Waals surface area contributed by atoms with Crippen LogP contribution in [-0.2, 0) is 24.3 Å². The standard InChI is InChI=1S/C21H23ClN2O7S/c1-29-16-5-2-4-15(11-16)24-20(25)13-31-21(26)14-7-8-18(22)19(10-14)32(27,28)23-12-17-6-3-9-30-17/h2,4-5,7-8,10-11,17,23H,3,6,9,12-13H2,1H3,(H,24,25)/t17-/m0/s1. The monoisotopic (exact) mass is 482 g/mol. The van der Waals surface area contributed by atoms with Gasteiger partial charge in [-0.2, -0.15) is 0 Å². The van der Waals surface area contributed by atoms with Crippen molar-refractivity contribution in [1.82, 2.24) is 4.72 Å². The highest BCUT2D eigenvalue weighted by molar-refractivity contribution is 7.89. The molecule has 0 unspecified atom stereocenters. The fraction of sp³-hybridized carbons (Fsp3) is 0.333. The first-order valence-corrected chi connectivity index (χ1v) is 11.7. The highest BCUT2D eigenvalue weighted by Gasteiger charge is 2.24. The molecule has 32 heavy (non-hydrogen) atoms. The van der Waals surface area contributed by atoms with E-state index in [9.17, 15) is 18.0 Å². The quantitative estimate of drug-likeness (QED) is 0.527. The Morgan fingerprint density at radius 1 is 1.22 bits per heavy atom. The van der Waals surface area contributed by atoms with E-state index < -0.39 is 28.5 Å². The Hall–Kier alpha value is -2.66. The van der Waals surface area contributed by atoms with Crippen LogP contribution in [0.15, 0.2) is 47.4 Å². The lowest BCUT2D eigenvalue weighted by molar-refractivity contribution is -0.119. The largest absolute Gasteiger partial charge is 0.497 e. The molecular formula is C21H23ClN2O7S. The van der Waals surface area contributed by atoms with Crippen LogP contribution in [0.2, 0.25) is 5.02 Å². The van der Waals surface area contributed by atoms with Crippen molar-refractivity contribution in [3.05, 3.63) is 53.1 Å². The summed E-state index contributed by atoms with van der Waals surface area (Å²) in [4.78, 5) is 24.2. The first-order chi connectivity index (χ1) is 15.3. The van der Waals surface area contributed by atoms with Gasteiger partial charge < -0.3 is 19.5 Å². The minimum Gasteiger partial charge on any atom is -0.497 e. The molecule has 1 aliphatic heterocycles. The van der Waals surface area contributed by atoms with Gasteiger partial charge in [-0.1, -0.05) is 17.7 Å². The summed E-state index contributed by atoms with van der Waals surface area (Å²) in [6.45, 7) is 0.148. The molecule has 3 rings (SSSR count). The van der Waals surface area contributed by atoms with Crippen LogP contribution in [0.3, 0.4) is 0 Å². The third kappa shape index (κ3) is 6.42. The van der Waals surface area contributed by atoms with Gasteiger partial charge in [0.2, 0.25) is 10.0 Å². The van der Waals surface area contributed by atoms with Crippen molar-refractivity contribution in [3.63, 3.8) is 0 Å². The van der Waals surface area contributed by atoms with Crippen LogP contribution in [0.25, 0.3) is 0 Å². The molecule has 0 radical (unpaired) electrons. The number of sulfonamides is 1. The molecule has 172 valence electrons. The summed E-state index contributed by atoms with van der Waals surface area (Å²) in [7, 11) is -2.47. The van der Waals surface area contributed by atoms with E-state index in [1.54, 1.807) is 24.3 Å². The first kappa shape index (κ1) is 24.0. The van der Waals surface area contributed by atoms with Gasteiger partial charge in [0.05, 0.1) is 23.8 Å². The Labute approximate surface area is 191 Å². The molecule has 1 aliphatic rings. The molecule has 9 nitrogen and oxygen atoms in total. The maximum Gasteiger partial charge on any atom is 0.338 e. The maximum atomic E-state index is 12.6. The van der Waals surface area contributed by atoms with Crippen LogP contribution >= 0.6 is 11.6 Å². The van der Waals surface area contributed by atoms with Gasteiger partial charge in [0.1, 0.15) is 10.6 Å². The molecule has 2 aromatic carbocycles. The first-order valence-electron chi connectivity index (χ1n) is 9.80. The molecule has 1 heterocycles. The fourth-order valence-corrected chi connectivity index (χ4v) is 4.62. The number of amides is 1. The molecule has 1 atom stereocenters. The van der Waals surface area contributed by atoms with Gasteiger partial charge >= 0.3 is 5.97 Å². The molecule has 0 bridgehead atoms. The third-order valence-corrected chi connectivity index (χ3v) is 6.57. The Morgan fingerprint density at radius 2 is 2.03 bits per heavy atom. The lowest BCUT2D eigenvalue weighted by Gasteiger charge is -2.13. The molecule has 0 spiro atoms. The van der Waals surface area contributed by atoms with Crippen molar-refractivity contribution in [3.8, 4) is 5.75 Å². The van der Waals surface area contributed by atoms with E-state index in [1.165, 1.54) is 19.2 Å². The van der Waals surface area contributed by atoms with Crippen LogP contribution < -0.4 is 14.8 Å². The molecule has 2 aromatic rings. The zero-order valence-corrected chi connectivity index (χ0v) is 18.9. The molecular weight excluding hydrogens is 460 g/mol. The van der Waals surface area contributed by atoms with Crippen LogP contribution in [0.1, 0.15) is 23.2 Å². The number of rotatable bonds is 9. The predicted octanol–water partition coefficient (Wildman–Crippen LogP) is 2.60. The number of anilines is 1. The van der Waals surface area contributed by atoms with Crippen molar-refractivity contribution in [2.75, 3.05) is 32.2 Å². The minimum absolute atomic E-state index is 0.0443. The van der Waals surface area contributed by atoms with Crippen LogP contribution in [0.5, 0.6) is 5.75 Å². The number of methoxy groups -OCH3 is 1. The van der Waals surface area contributed by atoms with Crippen LogP contribution in [0, 0.1) is 0 Å². The van der Waals surface area contributed by atoms with E-state index in [0.717, 1.165) is 18.9 Å². The highest BCUT2D eigenvalue weighted by atomic mass is 35.5. The summed E-state index contributed by atoms with van der Waals surface area (Å²) >= 11 is 6.05. The van der Waals surface area contributed by atoms with E-state index in [0.29, 0.717) is 18.0 Å². The van der Waals surface area contributed by atoms with Crippen LogP contribution in [0.4, 0.5) is 5.69 Å². The Kier molecular flexibility index (Phi) is 8.08. The molecule has 0 aliphatic carbocycles. The number of nitrogens with one attached hydrogen (secondary N) is 2. The average molecular weight is 483 g/mol. The zero-order valence-electron chi connectivity index (χ0n) is 17.3. The van der Waals surface area contributed by atoms with E-state index in [-0.39, 0.29) is 28.1 Å². The average Bonchev–Trinajstić information content (AvgIpc) is 3.30. The predicted molar refractivity (Wildman–Crippen MR) is 118 cm³/mol. The number of hydrogen-bond acceptors (Lipinski definition) is 7. The van der Waals surface area contributed by atoms with Gasteiger partial charge in [-0.05, 0) is 43.2 Å². The van der Waals surface area contributed by atoms with Gasteiger partial charge in [0.15, 0.2) is 6.61 Å². The van der Waals surface area contributed by atoms with E-state index in [4.69, 9.17) is 25.8 Å². The van der Waals surface area contributed by atoms with Gasteiger partial charge in [-0.3, -0.25) is 4.79 Å². The lowest BCUT2D eigenvalue weighted by atomic mass is 10.2. The number of esters is 1. The smallest absolute Gasteiger partial charge is 0.338 e. The van der Waals surface area contributed by atoms with Crippen molar-refractivity contribution in [1.29, 1.82) is 0 Å². The number of halogens is 1. The normalized spacial score (nSPS) is 15.9. The Morgan fingerprint density at radius 3 is 2.75 bits per heavy atom. The fourth-order valence-electron chi connectivity index (χ4n) is 3.03. The van der Waals surface area contributed by atoms with E-state index in [2.05, 4.69) is 10.0 Å². The number of carbonyl (C=O) groups is 2. The number of benzene rings is 2. The van der Waals surface area contributed by atoms with E-state index >= 15 is 0 Å². The highest BCUT2D eigenvalue weighted by Crippen LogP contribution is 2.24. The van der Waals surface area contributed by atoms with E-state index in [1.807, 2.05) is 0 Å². The molecule has 11 heteroatoms. The van der Waals surface area contributed by atoms with Crippen LogP contribution in [-0.4, -0.2) is 53.3 Å². The molecule has 2 N–H and O–H groups in total. The summed E-state index contributed by atoms with van der Waals surface area (Å²) in [5, 5.41) is 2.53. The summed E-state index contributed by atoms with van der Waals surface area (Å²) < 4.78 is 43.2. The second-order valence-corrected chi connectivity index (χ2v) is 9.13. The van der Waals surface area contributed by atoms with Gasteiger partial charge in [-0.25, -0.2) is 17.9 Å². The number of ether oxygens (including phenoxy) is 3. The molecule has 1 amide bonds. The van der Waals surface area contributed by atoms with Gasteiger partial charge in [-0.15, -0.1) is 0 Å². The SMILES string of the molecule is COc1cccc(NC(=O)COC(=O)c2ccc(Cl)c(S(=O)(=O)NC[C@@H]3CCCO3)c2)c1. The van der Waals surface area contributed by atoms with Gasteiger partial charge in [0.25, 0.3) is 5.91 Å².